The third kappa shape index (κ3) is 3.65. The fourth-order valence-corrected chi connectivity index (χ4v) is 2.99. The van der Waals surface area contributed by atoms with E-state index in [1.165, 1.54) is 6.08 Å². The van der Waals surface area contributed by atoms with Crippen molar-refractivity contribution in [2.24, 2.45) is 0 Å². The molecule has 0 aliphatic carbocycles. The predicted molar refractivity (Wildman–Crippen MR) is 105 cm³/mol. The van der Waals surface area contributed by atoms with Gasteiger partial charge >= 0.3 is 0 Å². The van der Waals surface area contributed by atoms with Crippen LogP contribution in [0.3, 0.4) is 0 Å². The van der Waals surface area contributed by atoms with Crippen LogP contribution in [0, 0.1) is 6.92 Å². The first-order chi connectivity index (χ1) is 14.1. The van der Waals surface area contributed by atoms with Gasteiger partial charge in [-0.2, -0.15) is 4.98 Å². The van der Waals surface area contributed by atoms with Crippen molar-refractivity contribution >= 4 is 17.5 Å². The average Bonchev–Trinajstić information content (AvgIpc) is 3.30. The third-order valence-corrected chi connectivity index (χ3v) is 4.50. The van der Waals surface area contributed by atoms with E-state index in [4.69, 9.17) is 9.63 Å². The quantitative estimate of drug-likeness (QED) is 0.622. The molecule has 146 valence electrons. The Morgan fingerprint density at radius 3 is 2.62 bits per heavy atom. The second-order valence-corrected chi connectivity index (χ2v) is 6.54. The molecule has 0 saturated carbocycles. The number of aryl methyl sites for hydroxylation is 1. The van der Waals surface area contributed by atoms with Crippen molar-refractivity contribution in [1.29, 1.82) is 0 Å². The molecule has 1 aliphatic rings. The van der Waals surface area contributed by atoms with E-state index in [0.29, 0.717) is 17.1 Å². The molecule has 29 heavy (non-hydrogen) atoms. The lowest BCUT2D eigenvalue weighted by Gasteiger charge is -2.14. The fraction of sp³-hybridized carbons (Fsp3) is 0.143. The van der Waals surface area contributed by atoms with Gasteiger partial charge in [0.25, 0.3) is 17.7 Å². The molecule has 2 amide bonds. The van der Waals surface area contributed by atoms with Crippen molar-refractivity contribution in [3.8, 4) is 22.8 Å². The molecule has 4 rings (SSSR count). The number of benzene rings is 2. The molecule has 0 saturated heterocycles. The van der Waals surface area contributed by atoms with Gasteiger partial charge in [0.05, 0.1) is 24.4 Å². The zero-order valence-corrected chi connectivity index (χ0v) is 15.6. The van der Waals surface area contributed by atoms with Gasteiger partial charge in [0.1, 0.15) is 5.70 Å². The summed E-state index contributed by atoms with van der Waals surface area (Å²) in [6.07, 6.45) is 1.21. The molecule has 0 bridgehead atoms. The number of hydrogen-bond donors (Lipinski definition) is 2. The Kier molecular flexibility index (Phi) is 4.92. The number of anilines is 1. The Morgan fingerprint density at radius 1 is 1.10 bits per heavy atom. The third-order valence-electron chi connectivity index (χ3n) is 4.50. The first kappa shape index (κ1) is 18.6. The molecule has 0 unspecified atom stereocenters. The van der Waals surface area contributed by atoms with Gasteiger partial charge in [0, 0.05) is 11.6 Å². The number of aromatic nitrogens is 2. The second-order valence-electron chi connectivity index (χ2n) is 6.54. The summed E-state index contributed by atoms with van der Waals surface area (Å²) in [5.41, 5.74) is 3.22. The van der Waals surface area contributed by atoms with Crippen LogP contribution in [0.5, 0.6) is 0 Å². The highest BCUT2D eigenvalue weighted by Gasteiger charge is 2.31. The van der Waals surface area contributed by atoms with Gasteiger partial charge in [-0.3, -0.25) is 14.5 Å². The molecule has 1 aromatic heterocycles. The van der Waals surface area contributed by atoms with Crippen molar-refractivity contribution in [3.63, 3.8) is 0 Å². The molecule has 0 fully saturated rings. The van der Waals surface area contributed by atoms with Gasteiger partial charge < -0.3 is 14.9 Å². The molecule has 3 aromatic rings. The van der Waals surface area contributed by atoms with Crippen molar-refractivity contribution in [3.05, 3.63) is 65.9 Å². The number of imide groups is 1. The maximum absolute atomic E-state index is 12.4. The van der Waals surface area contributed by atoms with Crippen molar-refractivity contribution in [1.82, 2.24) is 15.0 Å². The molecule has 8 nitrogen and oxygen atoms in total. The van der Waals surface area contributed by atoms with Crippen LogP contribution < -0.4 is 5.32 Å². The van der Waals surface area contributed by atoms with Crippen LogP contribution in [0.4, 0.5) is 5.69 Å². The van der Waals surface area contributed by atoms with Gasteiger partial charge in [-0.05, 0) is 19.1 Å². The maximum atomic E-state index is 12.4. The average molecular weight is 390 g/mol. The van der Waals surface area contributed by atoms with E-state index in [0.717, 1.165) is 16.0 Å². The van der Waals surface area contributed by atoms with Crippen LogP contribution in [0.1, 0.15) is 5.56 Å². The standard InChI is InChI=1S/C21H18N4O4/c1-13-6-8-14(9-7-13)19-23-20(29-24-19)15-4-2-3-5-16(15)22-17-12-18(27)25(10-11-26)21(17)28/h2-9,12,22,26H,10-11H2,1H3. The first-order valence-electron chi connectivity index (χ1n) is 9.02. The summed E-state index contributed by atoms with van der Waals surface area (Å²) in [6, 6.07) is 14.9. The van der Waals surface area contributed by atoms with Crippen LogP contribution in [-0.4, -0.2) is 45.1 Å². The number of aliphatic hydroxyl groups is 1. The van der Waals surface area contributed by atoms with E-state index >= 15 is 0 Å². The summed E-state index contributed by atoms with van der Waals surface area (Å²) in [7, 11) is 0. The lowest BCUT2D eigenvalue weighted by Crippen LogP contribution is -2.34. The van der Waals surface area contributed by atoms with Gasteiger partial charge in [-0.15, -0.1) is 0 Å². The van der Waals surface area contributed by atoms with E-state index in [9.17, 15) is 9.59 Å². The highest BCUT2D eigenvalue weighted by molar-refractivity contribution is 6.17. The van der Waals surface area contributed by atoms with Gasteiger partial charge in [0.2, 0.25) is 5.82 Å². The summed E-state index contributed by atoms with van der Waals surface area (Å²) in [6.45, 7) is 1.66. The van der Waals surface area contributed by atoms with E-state index in [2.05, 4.69) is 15.5 Å². The van der Waals surface area contributed by atoms with E-state index in [1.54, 1.807) is 18.2 Å². The number of carbonyl (C=O) groups is 2. The molecular formula is C21H18N4O4. The Morgan fingerprint density at radius 2 is 1.86 bits per heavy atom. The summed E-state index contributed by atoms with van der Waals surface area (Å²) in [4.78, 5) is 29.8. The Balaban J connectivity index is 1.62. The lowest BCUT2D eigenvalue weighted by atomic mass is 10.1. The molecule has 0 atom stereocenters. The fourth-order valence-electron chi connectivity index (χ4n) is 2.99. The Labute approximate surface area is 166 Å². The van der Waals surface area contributed by atoms with Crippen molar-refractivity contribution in [2.45, 2.75) is 6.92 Å². The van der Waals surface area contributed by atoms with Crippen LogP contribution in [0.25, 0.3) is 22.8 Å². The molecule has 2 aromatic carbocycles. The number of carbonyl (C=O) groups excluding carboxylic acids is 2. The normalized spacial score (nSPS) is 13.7. The number of rotatable bonds is 6. The van der Waals surface area contributed by atoms with Gasteiger partial charge in [-0.25, -0.2) is 0 Å². The number of aliphatic hydroxyl groups excluding tert-OH is 1. The first-order valence-corrected chi connectivity index (χ1v) is 9.02. The molecule has 2 N–H and O–H groups in total. The van der Waals surface area contributed by atoms with E-state index in [1.807, 2.05) is 37.3 Å². The van der Waals surface area contributed by atoms with E-state index in [-0.39, 0.29) is 24.7 Å². The monoisotopic (exact) mass is 390 g/mol. The van der Waals surface area contributed by atoms with Gasteiger partial charge in [-0.1, -0.05) is 47.1 Å². The molecule has 0 radical (unpaired) electrons. The SMILES string of the molecule is Cc1ccc(-c2noc(-c3ccccc3NC3=CC(=O)N(CCO)C3=O)n2)cc1. The minimum absolute atomic E-state index is 0.0510. The van der Waals surface area contributed by atoms with Crippen LogP contribution in [0.2, 0.25) is 0 Å². The summed E-state index contributed by atoms with van der Waals surface area (Å²) in [5.74, 6) is -0.225. The summed E-state index contributed by atoms with van der Waals surface area (Å²) >= 11 is 0. The van der Waals surface area contributed by atoms with Crippen LogP contribution in [0.15, 0.2) is 64.8 Å². The largest absolute Gasteiger partial charge is 0.395 e. The number of amides is 2. The molecule has 0 spiro atoms. The van der Waals surface area contributed by atoms with Crippen molar-refractivity contribution in [2.75, 3.05) is 18.5 Å². The highest BCUT2D eigenvalue weighted by atomic mass is 16.5. The lowest BCUT2D eigenvalue weighted by molar-refractivity contribution is -0.137. The Bertz CT molecular complexity index is 1100. The smallest absolute Gasteiger partial charge is 0.277 e. The highest BCUT2D eigenvalue weighted by Crippen LogP contribution is 2.30. The topological polar surface area (TPSA) is 109 Å². The maximum Gasteiger partial charge on any atom is 0.277 e. The van der Waals surface area contributed by atoms with Gasteiger partial charge in [0.15, 0.2) is 0 Å². The minimum Gasteiger partial charge on any atom is -0.395 e. The van der Waals surface area contributed by atoms with Crippen LogP contribution >= 0.6 is 0 Å². The zero-order valence-electron chi connectivity index (χ0n) is 15.6. The molecule has 2 heterocycles. The predicted octanol–water partition coefficient (Wildman–Crippen LogP) is 2.37. The minimum atomic E-state index is -0.496. The zero-order chi connectivity index (χ0) is 20.4. The van der Waals surface area contributed by atoms with Crippen LogP contribution in [-0.2, 0) is 9.59 Å². The summed E-state index contributed by atoms with van der Waals surface area (Å²) in [5, 5.41) is 16.0. The number of para-hydroxylation sites is 1. The second kappa shape index (κ2) is 7.69. The molecular weight excluding hydrogens is 372 g/mol. The number of nitrogens with zero attached hydrogens (tertiary/aromatic N) is 3. The Hall–Kier alpha value is -3.78. The number of β-amino-alcohol motifs (C(OH)–C–C–N with tert-alkyl or cyclic N) is 1. The van der Waals surface area contributed by atoms with E-state index < -0.39 is 11.8 Å². The number of hydrogen-bond acceptors (Lipinski definition) is 7. The molecule has 1 aliphatic heterocycles. The van der Waals surface area contributed by atoms with Crippen molar-refractivity contribution < 1.29 is 19.2 Å². The number of nitrogens with one attached hydrogen (secondary N) is 1. The summed E-state index contributed by atoms with van der Waals surface area (Å²) < 4.78 is 5.43. The molecule has 8 heteroatoms.